The van der Waals surface area contributed by atoms with Gasteiger partial charge in [0.1, 0.15) is 6.10 Å². The van der Waals surface area contributed by atoms with E-state index in [2.05, 4.69) is 28.1 Å². The fourth-order valence-corrected chi connectivity index (χ4v) is 2.71. The maximum absolute atomic E-state index is 10.5. The van der Waals surface area contributed by atoms with Gasteiger partial charge in [0, 0.05) is 29.2 Å². The summed E-state index contributed by atoms with van der Waals surface area (Å²) in [6.07, 6.45) is 3.45. The highest BCUT2D eigenvalue weighted by molar-refractivity contribution is 5.93. The minimum atomic E-state index is -0.599. The Hall–Kier alpha value is -2.14. The molecule has 1 unspecified atom stereocenters. The highest BCUT2D eigenvalue weighted by Gasteiger charge is 2.22. The maximum atomic E-state index is 10.5. The second kappa shape index (κ2) is 6.54. The van der Waals surface area contributed by atoms with E-state index in [0.29, 0.717) is 11.6 Å². The second-order valence-corrected chi connectivity index (χ2v) is 6.31. The van der Waals surface area contributed by atoms with Gasteiger partial charge in [0.25, 0.3) is 0 Å². The number of aromatic amines is 1. The van der Waals surface area contributed by atoms with Gasteiger partial charge in [-0.15, -0.1) is 0 Å². The summed E-state index contributed by atoms with van der Waals surface area (Å²) in [4.78, 5) is 7.92. The average molecular weight is 312 g/mol. The molecule has 0 radical (unpaired) electrons. The van der Waals surface area contributed by atoms with Crippen LogP contribution in [0.15, 0.2) is 30.5 Å². The van der Waals surface area contributed by atoms with Crippen LogP contribution in [0.2, 0.25) is 0 Å². The number of aliphatic hydroxyl groups excluding tert-OH is 1. The molecule has 5 heteroatoms. The molecular weight excluding hydrogens is 288 g/mol. The van der Waals surface area contributed by atoms with Gasteiger partial charge in [-0.2, -0.15) is 5.10 Å². The highest BCUT2D eigenvalue weighted by atomic mass is 16.3. The Kier molecular flexibility index (Phi) is 4.48. The average Bonchev–Trinajstić information content (AvgIpc) is 3.15. The SMILES string of the molecule is CCCCn1nc(-c2c[nH]c3ccccc23)nc1C(O)C(C)C. The molecule has 2 aromatic heterocycles. The number of hydrogen-bond acceptors (Lipinski definition) is 3. The monoisotopic (exact) mass is 312 g/mol. The molecule has 1 aromatic carbocycles. The summed E-state index contributed by atoms with van der Waals surface area (Å²) in [5, 5.41) is 16.2. The first kappa shape index (κ1) is 15.7. The van der Waals surface area contributed by atoms with E-state index >= 15 is 0 Å². The lowest BCUT2D eigenvalue weighted by molar-refractivity contribution is 0.112. The van der Waals surface area contributed by atoms with E-state index in [4.69, 9.17) is 0 Å². The Morgan fingerprint density at radius 3 is 2.78 bits per heavy atom. The number of H-pyrrole nitrogens is 1. The quantitative estimate of drug-likeness (QED) is 0.725. The van der Waals surface area contributed by atoms with Crippen molar-refractivity contribution in [1.82, 2.24) is 19.7 Å². The fourth-order valence-electron chi connectivity index (χ4n) is 2.71. The first-order valence-electron chi connectivity index (χ1n) is 8.31. The topological polar surface area (TPSA) is 66.7 Å². The smallest absolute Gasteiger partial charge is 0.183 e. The number of nitrogens with one attached hydrogen (secondary N) is 1. The molecule has 0 saturated carbocycles. The van der Waals surface area contributed by atoms with Crippen molar-refractivity contribution in [2.24, 2.45) is 5.92 Å². The van der Waals surface area contributed by atoms with E-state index < -0.39 is 6.10 Å². The third-order valence-electron chi connectivity index (χ3n) is 4.15. The Labute approximate surface area is 136 Å². The van der Waals surface area contributed by atoms with Gasteiger partial charge in [0.2, 0.25) is 0 Å². The summed E-state index contributed by atoms with van der Waals surface area (Å²) < 4.78 is 1.87. The number of aliphatic hydroxyl groups is 1. The zero-order valence-corrected chi connectivity index (χ0v) is 14.0. The number of aryl methyl sites for hydroxylation is 1. The van der Waals surface area contributed by atoms with Gasteiger partial charge in [0.05, 0.1) is 0 Å². The van der Waals surface area contributed by atoms with Crippen LogP contribution < -0.4 is 0 Å². The fraction of sp³-hybridized carbons (Fsp3) is 0.444. The van der Waals surface area contributed by atoms with E-state index in [-0.39, 0.29) is 5.92 Å². The minimum Gasteiger partial charge on any atom is -0.385 e. The van der Waals surface area contributed by atoms with Crippen LogP contribution >= 0.6 is 0 Å². The number of para-hydroxylation sites is 1. The maximum Gasteiger partial charge on any atom is 0.183 e. The van der Waals surface area contributed by atoms with Crippen molar-refractivity contribution in [3.8, 4) is 11.4 Å². The molecule has 23 heavy (non-hydrogen) atoms. The lowest BCUT2D eigenvalue weighted by Crippen LogP contribution is -2.14. The number of rotatable bonds is 6. The van der Waals surface area contributed by atoms with Crippen molar-refractivity contribution in [2.75, 3.05) is 0 Å². The number of unbranched alkanes of at least 4 members (excludes halogenated alkanes) is 1. The molecule has 2 N–H and O–H groups in total. The van der Waals surface area contributed by atoms with E-state index in [1.54, 1.807) is 0 Å². The van der Waals surface area contributed by atoms with Gasteiger partial charge < -0.3 is 10.1 Å². The number of hydrogen-bond donors (Lipinski definition) is 2. The van der Waals surface area contributed by atoms with Crippen molar-refractivity contribution in [3.63, 3.8) is 0 Å². The largest absolute Gasteiger partial charge is 0.385 e. The lowest BCUT2D eigenvalue weighted by atomic mass is 10.1. The van der Waals surface area contributed by atoms with Gasteiger partial charge in [-0.3, -0.25) is 0 Å². The molecular formula is C18H24N4O. The predicted octanol–water partition coefficient (Wildman–Crippen LogP) is 3.92. The Bertz CT molecular complexity index is 787. The Morgan fingerprint density at radius 1 is 1.26 bits per heavy atom. The molecule has 1 atom stereocenters. The van der Waals surface area contributed by atoms with Crippen molar-refractivity contribution < 1.29 is 5.11 Å². The lowest BCUT2D eigenvalue weighted by Gasteiger charge is -2.14. The van der Waals surface area contributed by atoms with Crippen LogP contribution in [-0.2, 0) is 6.54 Å². The van der Waals surface area contributed by atoms with Crippen molar-refractivity contribution in [1.29, 1.82) is 0 Å². The first-order chi connectivity index (χ1) is 11.1. The van der Waals surface area contributed by atoms with Gasteiger partial charge in [-0.25, -0.2) is 9.67 Å². The summed E-state index contributed by atoms with van der Waals surface area (Å²) >= 11 is 0. The van der Waals surface area contributed by atoms with Crippen molar-refractivity contribution in [2.45, 2.75) is 46.3 Å². The molecule has 122 valence electrons. The van der Waals surface area contributed by atoms with Crippen LogP contribution in [0.25, 0.3) is 22.3 Å². The standard InChI is InChI=1S/C18H24N4O/c1-4-5-10-22-18(16(23)12(2)3)20-17(21-22)14-11-19-15-9-7-6-8-13(14)15/h6-9,11-12,16,19,23H,4-5,10H2,1-3H3. The molecule has 0 amide bonds. The van der Waals surface area contributed by atoms with E-state index in [1.807, 2.05) is 42.9 Å². The van der Waals surface area contributed by atoms with Gasteiger partial charge >= 0.3 is 0 Å². The number of aromatic nitrogens is 4. The van der Waals surface area contributed by atoms with Crippen molar-refractivity contribution >= 4 is 10.9 Å². The molecule has 0 fully saturated rings. The summed E-state index contributed by atoms with van der Waals surface area (Å²) in [6, 6.07) is 8.12. The summed E-state index contributed by atoms with van der Waals surface area (Å²) in [7, 11) is 0. The van der Waals surface area contributed by atoms with E-state index in [0.717, 1.165) is 35.9 Å². The van der Waals surface area contributed by atoms with Crippen LogP contribution in [0.4, 0.5) is 0 Å². The summed E-state index contributed by atoms with van der Waals surface area (Å²) in [6.45, 7) is 6.92. The Balaban J connectivity index is 2.06. The van der Waals surface area contributed by atoms with E-state index in [9.17, 15) is 5.11 Å². The molecule has 0 aliphatic rings. The highest BCUT2D eigenvalue weighted by Crippen LogP contribution is 2.28. The minimum absolute atomic E-state index is 0.107. The number of nitrogens with zero attached hydrogens (tertiary/aromatic N) is 3. The van der Waals surface area contributed by atoms with Crippen LogP contribution in [0, 0.1) is 5.92 Å². The summed E-state index contributed by atoms with van der Waals surface area (Å²) in [5.41, 5.74) is 2.05. The van der Waals surface area contributed by atoms with Crippen LogP contribution in [0.5, 0.6) is 0 Å². The molecule has 3 rings (SSSR count). The Morgan fingerprint density at radius 2 is 2.04 bits per heavy atom. The van der Waals surface area contributed by atoms with Gasteiger partial charge in [-0.05, 0) is 18.4 Å². The van der Waals surface area contributed by atoms with E-state index in [1.165, 1.54) is 0 Å². The van der Waals surface area contributed by atoms with Crippen LogP contribution in [0.3, 0.4) is 0 Å². The predicted molar refractivity (Wildman–Crippen MR) is 92.0 cm³/mol. The number of benzene rings is 1. The molecule has 0 aliphatic heterocycles. The summed E-state index contributed by atoms with van der Waals surface area (Å²) in [5.74, 6) is 1.44. The zero-order valence-electron chi connectivity index (χ0n) is 14.0. The van der Waals surface area contributed by atoms with Gasteiger partial charge in [0.15, 0.2) is 11.6 Å². The zero-order chi connectivity index (χ0) is 16.4. The molecule has 2 heterocycles. The molecule has 0 spiro atoms. The third-order valence-corrected chi connectivity index (χ3v) is 4.15. The van der Waals surface area contributed by atoms with Crippen LogP contribution in [0.1, 0.15) is 45.5 Å². The normalized spacial score (nSPS) is 13.1. The third kappa shape index (κ3) is 3.01. The molecule has 5 nitrogen and oxygen atoms in total. The van der Waals surface area contributed by atoms with Gasteiger partial charge in [-0.1, -0.05) is 45.4 Å². The first-order valence-corrected chi connectivity index (χ1v) is 8.31. The van der Waals surface area contributed by atoms with Crippen molar-refractivity contribution in [3.05, 3.63) is 36.3 Å². The van der Waals surface area contributed by atoms with Crippen LogP contribution in [-0.4, -0.2) is 24.9 Å². The molecule has 0 saturated heterocycles. The second-order valence-electron chi connectivity index (χ2n) is 6.31. The molecule has 3 aromatic rings. The number of fused-ring (bicyclic) bond motifs is 1. The molecule has 0 bridgehead atoms. The molecule has 0 aliphatic carbocycles.